The zero-order valence-corrected chi connectivity index (χ0v) is 12.7. The SMILES string of the molecule is CC(C)Oc1ccccc1CNCc1ccc(Cl)cc1. The Morgan fingerprint density at radius 1 is 1.00 bits per heavy atom. The van der Waals surface area contributed by atoms with Gasteiger partial charge < -0.3 is 10.1 Å². The van der Waals surface area contributed by atoms with Crippen molar-refractivity contribution in [3.05, 3.63) is 64.7 Å². The van der Waals surface area contributed by atoms with Crippen molar-refractivity contribution < 1.29 is 4.74 Å². The molecule has 0 saturated heterocycles. The summed E-state index contributed by atoms with van der Waals surface area (Å²) in [5, 5.41) is 4.20. The highest BCUT2D eigenvalue weighted by molar-refractivity contribution is 6.30. The zero-order valence-electron chi connectivity index (χ0n) is 11.9. The lowest BCUT2D eigenvalue weighted by Gasteiger charge is -2.14. The minimum Gasteiger partial charge on any atom is -0.491 e. The normalized spacial score (nSPS) is 10.8. The average Bonchev–Trinajstić information content (AvgIpc) is 2.42. The summed E-state index contributed by atoms with van der Waals surface area (Å²) in [4.78, 5) is 0. The minimum absolute atomic E-state index is 0.187. The first-order valence-electron chi connectivity index (χ1n) is 6.85. The van der Waals surface area contributed by atoms with Crippen LogP contribution in [-0.4, -0.2) is 6.10 Å². The summed E-state index contributed by atoms with van der Waals surface area (Å²) in [6.45, 7) is 5.68. The molecule has 0 spiro atoms. The van der Waals surface area contributed by atoms with Gasteiger partial charge in [-0.2, -0.15) is 0 Å². The van der Waals surface area contributed by atoms with Crippen LogP contribution in [0, 0.1) is 0 Å². The molecule has 3 heteroatoms. The van der Waals surface area contributed by atoms with Crippen molar-refractivity contribution in [3.8, 4) is 5.75 Å². The molecule has 20 heavy (non-hydrogen) atoms. The lowest BCUT2D eigenvalue weighted by Crippen LogP contribution is -2.15. The van der Waals surface area contributed by atoms with Crippen LogP contribution >= 0.6 is 11.6 Å². The molecule has 106 valence electrons. The molecular weight excluding hydrogens is 270 g/mol. The first-order chi connectivity index (χ1) is 9.65. The molecule has 2 aromatic carbocycles. The predicted octanol–water partition coefficient (Wildman–Crippen LogP) is 4.42. The van der Waals surface area contributed by atoms with Gasteiger partial charge >= 0.3 is 0 Å². The largest absolute Gasteiger partial charge is 0.491 e. The Labute approximate surface area is 125 Å². The Hall–Kier alpha value is -1.51. The molecule has 0 fully saturated rings. The van der Waals surface area contributed by atoms with Crippen LogP contribution in [0.15, 0.2) is 48.5 Å². The standard InChI is InChI=1S/C17H20ClNO/c1-13(2)20-17-6-4-3-5-15(17)12-19-11-14-7-9-16(18)10-8-14/h3-10,13,19H,11-12H2,1-2H3. The fraction of sp³-hybridized carbons (Fsp3) is 0.294. The van der Waals surface area contributed by atoms with Gasteiger partial charge in [0.15, 0.2) is 0 Å². The van der Waals surface area contributed by atoms with Gasteiger partial charge in [-0.05, 0) is 37.6 Å². The molecule has 0 aliphatic heterocycles. The van der Waals surface area contributed by atoms with Crippen molar-refractivity contribution in [2.24, 2.45) is 0 Å². The van der Waals surface area contributed by atoms with Crippen LogP contribution < -0.4 is 10.1 Å². The van der Waals surface area contributed by atoms with Crippen molar-refractivity contribution >= 4 is 11.6 Å². The Balaban J connectivity index is 1.92. The van der Waals surface area contributed by atoms with E-state index in [1.54, 1.807) is 0 Å². The molecule has 1 N–H and O–H groups in total. The van der Waals surface area contributed by atoms with Crippen LogP contribution in [0.5, 0.6) is 5.75 Å². The molecule has 2 nitrogen and oxygen atoms in total. The third kappa shape index (κ3) is 4.55. The first kappa shape index (κ1) is 14.9. The van der Waals surface area contributed by atoms with Crippen LogP contribution in [-0.2, 0) is 13.1 Å². The van der Waals surface area contributed by atoms with Crippen LogP contribution in [0.1, 0.15) is 25.0 Å². The average molecular weight is 290 g/mol. The summed E-state index contributed by atoms with van der Waals surface area (Å²) in [5.74, 6) is 0.950. The fourth-order valence-electron chi connectivity index (χ4n) is 1.96. The second-order valence-corrected chi connectivity index (χ2v) is 5.44. The van der Waals surface area contributed by atoms with E-state index in [0.717, 1.165) is 23.9 Å². The van der Waals surface area contributed by atoms with Gasteiger partial charge in [-0.3, -0.25) is 0 Å². The number of halogens is 1. The predicted molar refractivity (Wildman–Crippen MR) is 84.2 cm³/mol. The highest BCUT2D eigenvalue weighted by atomic mass is 35.5. The molecule has 0 aliphatic rings. The molecule has 0 saturated carbocycles. The second-order valence-electron chi connectivity index (χ2n) is 5.00. The molecule has 0 radical (unpaired) electrons. The zero-order chi connectivity index (χ0) is 14.4. The van der Waals surface area contributed by atoms with Gasteiger partial charge in [0.1, 0.15) is 5.75 Å². The third-order valence-corrected chi connectivity index (χ3v) is 3.15. The van der Waals surface area contributed by atoms with Crippen LogP contribution in [0.4, 0.5) is 0 Å². The van der Waals surface area contributed by atoms with E-state index in [2.05, 4.69) is 11.4 Å². The number of rotatable bonds is 6. The van der Waals surface area contributed by atoms with Gasteiger partial charge in [-0.25, -0.2) is 0 Å². The molecule has 0 unspecified atom stereocenters. The molecule has 0 aromatic heterocycles. The van der Waals surface area contributed by atoms with Crippen LogP contribution in [0.25, 0.3) is 0 Å². The second kappa shape index (κ2) is 7.32. The van der Waals surface area contributed by atoms with Crippen molar-refractivity contribution in [2.75, 3.05) is 0 Å². The molecule has 0 bridgehead atoms. The van der Waals surface area contributed by atoms with Gasteiger partial charge in [0.2, 0.25) is 0 Å². The topological polar surface area (TPSA) is 21.3 Å². The number of hydrogen-bond acceptors (Lipinski definition) is 2. The van der Waals surface area contributed by atoms with E-state index in [4.69, 9.17) is 16.3 Å². The Bertz CT molecular complexity index is 537. The Kier molecular flexibility index (Phi) is 5.45. The van der Waals surface area contributed by atoms with E-state index in [0.29, 0.717) is 0 Å². The summed E-state index contributed by atoms with van der Waals surface area (Å²) in [5.41, 5.74) is 2.40. The summed E-state index contributed by atoms with van der Waals surface area (Å²) in [6.07, 6.45) is 0.187. The maximum atomic E-state index is 5.87. The van der Waals surface area contributed by atoms with E-state index in [-0.39, 0.29) is 6.10 Å². The van der Waals surface area contributed by atoms with E-state index in [1.165, 1.54) is 11.1 Å². The number of hydrogen-bond donors (Lipinski definition) is 1. The van der Waals surface area contributed by atoms with Gasteiger partial charge in [0.25, 0.3) is 0 Å². The van der Waals surface area contributed by atoms with E-state index >= 15 is 0 Å². The highest BCUT2D eigenvalue weighted by Crippen LogP contribution is 2.19. The molecule has 0 amide bonds. The van der Waals surface area contributed by atoms with Crippen molar-refractivity contribution in [2.45, 2.75) is 33.0 Å². The van der Waals surface area contributed by atoms with Gasteiger partial charge in [0.05, 0.1) is 6.10 Å². The van der Waals surface area contributed by atoms with Crippen molar-refractivity contribution in [3.63, 3.8) is 0 Å². The highest BCUT2D eigenvalue weighted by Gasteiger charge is 2.04. The third-order valence-electron chi connectivity index (χ3n) is 2.89. The maximum Gasteiger partial charge on any atom is 0.124 e. The van der Waals surface area contributed by atoms with Gasteiger partial charge in [-0.15, -0.1) is 0 Å². The van der Waals surface area contributed by atoms with E-state index in [1.807, 2.05) is 56.3 Å². The lowest BCUT2D eigenvalue weighted by molar-refractivity contribution is 0.239. The van der Waals surface area contributed by atoms with Gasteiger partial charge in [0, 0.05) is 23.7 Å². The number of ether oxygens (including phenoxy) is 1. The van der Waals surface area contributed by atoms with Crippen LogP contribution in [0.2, 0.25) is 5.02 Å². The fourth-order valence-corrected chi connectivity index (χ4v) is 2.09. The first-order valence-corrected chi connectivity index (χ1v) is 7.22. The summed E-state index contributed by atoms with van der Waals surface area (Å²) < 4.78 is 5.81. The maximum absolute atomic E-state index is 5.87. The monoisotopic (exact) mass is 289 g/mol. The Morgan fingerprint density at radius 2 is 1.70 bits per heavy atom. The quantitative estimate of drug-likeness (QED) is 0.850. The van der Waals surface area contributed by atoms with E-state index in [9.17, 15) is 0 Å². The summed E-state index contributed by atoms with van der Waals surface area (Å²) >= 11 is 5.87. The smallest absolute Gasteiger partial charge is 0.124 e. The molecule has 2 rings (SSSR count). The number of para-hydroxylation sites is 1. The van der Waals surface area contributed by atoms with Crippen LogP contribution in [0.3, 0.4) is 0 Å². The summed E-state index contributed by atoms with van der Waals surface area (Å²) in [6, 6.07) is 16.0. The number of benzene rings is 2. The molecule has 0 heterocycles. The summed E-state index contributed by atoms with van der Waals surface area (Å²) in [7, 11) is 0. The molecule has 0 atom stereocenters. The molecule has 0 aliphatic carbocycles. The molecule has 2 aromatic rings. The minimum atomic E-state index is 0.187. The number of nitrogens with one attached hydrogen (secondary N) is 1. The van der Waals surface area contributed by atoms with Crippen molar-refractivity contribution in [1.29, 1.82) is 0 Å². The van der Waals surface area contributed by atoms with E-state index < -0.39 is 0 Å². The molecular formula is C17H20ClNO. The van der Waals surface area contributed by atoms with Crippen molar-refractivity contribution in [1.82, 2.24) is 5.32 Å². The lowest BCUT2D eigenvalue weighted by atomic mass is 10.2. The van der Waals surface area contributed by atoms with Gasteiger partial charge in [-0.1, -0.05) is 41.9 Å². The Morgan fingerprint density at radius 3 is 2.40 bits per heavy atom.